The predicted octanol–water partition coefficient (Wildman–Crippen LogP) is 1.36. The van der Waals surface area contributed by atoms with Crippen LogP contribution in [0.2, 0.25) is 0 Å². The van der Waals surface area contributed by atoms with Gasteiger partial charge in [0.25, 0.3) is 0 Å². The summed E-state index contributed by atoms with van der Waals surface area (Å²) in [4.78, 5) is 0. The van der Waals surface area contributed by atoms with Gasteiger partial charge >= 0.3 is 0 Å². The summed E-state index contributed by atoms with van der Waals surface area (Å²) in [6.07, 6.45) is 9.61. The molecule has 2 rings (SSSR count). The Balaban J connectivity index is 1.79. The fourth-order valence-corrected chi connectivity index (χ4v) is 3.04. The van der Waals surface area contributed by atoms with Crippen molar-refractivity contribution in [1.82, 2.24) is 0 Å². The van der Waals surface area contributed by atoms with Crippen molar-refractivity contribution in [2.24, 2.45) is 11.8 Å². The number of quaternary nitrogens is 1. The summed E-state index contributed by atoms with van der Waals surface area (Å²) < 4.78 is 0. The molecular weight excluding hydrogens is 162 g/mol. The van der Waals surface area contributed by atoms with Crippen molar-refractivity contribution in [2.75, 3.05) is 13.1 Å². The first-order chi connectivity index (χ1) is 6.36. The predicted molar refractivity (Wildman–Crippen MR) is 53.4 cm³/mol. The zero-order valence-corrected chi connectivity index (χ0v) is 8.43. The van der Waals surface area contributed by atoms with Crippen LogP contribution in [-0.4, -0.2) is 13.1 Å². The van der Waals surface area contributed by atoms with Gasteiger partial charge in [-0.2, -0.15) is 0 Å². The average Bonchev–Trinajstić information content (AvgIpc) is 2.20. The zero-order chi connectivity index (χ0) is 9.10. The van der Waals surface area contributed by atoms with Gasteiger partial charge in [0.05, 0.1) is 13.1 Å². The van der Waals surface area contributed by atoms with Crippen molar-refractivity contribution in [3.63, 3.8) is 0 Å². The molecule has 1 saturated carbocycles. The first kappa shape index (κ1) is 9.47. The first-order valence-electron chi connectivity index (χ1n) is 5.88. The fraction of sp³-hybridized carbons (Fsp3) is 1.00. The molecule has 1 aliphatic carbocycles. The Labute approximate surface area is 80.9 Å². The molecule has 2 aliphatic rings. The van der Waals surface area contributed by atoms with E-state index in [9.17, 15) is 5.21 Å². The minimum Gasteiger partial charge on any atom is -0.634 e. The highest BCUT2D eigenvalue weighted by Crippen LogP contribution is 2.33. The SMILES string of the molecule is [O-][NH+]1CCC(C2CCCCC2)CC1. The Morgan fingerprint density at radius 1 is 0.769 bits per heavy atom. The molecule has 0 unspecified atom stereocenters. The van der Waals surface area contributed by atoms with Crippen LogP contribution in [0.1, 0.15) is 44.9 Å². The zero-order valence-electron chi connectivity index (χ0n) is 8.43. The molecule has 0 amide bonds. The molecule has 0 aromatic rings. The van der Waals surface area contributed by atoms with Crippen molar-refractivity contribution in [2.45, 2.75) is 44.9 Å². The summed E-state index contributed by atoms with van der Waals surface area (Å²) in [5.74, 6) is 1.87. The van der Waals surface area contributed by atoms with Gasteiger partial charge in [0.2, 0.25) is 0 Å². The minimum atomic E-state index is 0.507. The Hall–Kier alpha value is -0.0800. The summed E-state index contributed by atoms with van der Waals surface area (Å²) in [5, 5.41) is 11.6. The second-order valence-corrected chi connectivity index (χ2v) is 4.77. The van der Waals surface area contributed by atoms with Crippen molar-refractivity contribution in [3.05, 3.63) is 5.21 Å². The molecule has 1 heterocycles. The van der Waals surface area contributed by atoms with Crippen LogP contribution in [0.25, 0.3) is 0 Å². The number of piperidine rings is 1. The number of rotatable bonds is 1. The van der Waals surface area contributed by atoms with Crippen LogP contribution in [-0.2, 0) is 0 Å². The Morgan fingerprint density at radius 3 is 1.92 bits per heavy atom. The van der Waals surface area contributed by atoms with Gasteiger partial charge in [0.1, 0.15) is 0 Å². The van der Waals surface area contributed by atoms with Crippen molar-refractivity contribution >= 4 is 0 Å². The van der Waals surface area contributed by atoms with E-state index >= 15 is 0 Å². The molecule has 0 radical (unpaired) electrons. The highest BCUT2D eigenvalue weighted by molar-refractivity contribution is 4.75. The maximum atomic E-state index is 11.1. The quantitative estimate of drug-likeness (QED) is 0.611. The van der Waals surface area contributed by atoms with Crippen LogP contribution in [0.3, 0.4) is 0 Å². The van der Waals surface area contributed by atoms with Crippen molar-refractivity contribution in [3.8, 4) is 0 Å². The highest BCUT2D eigenvalue weighted by Gasteiger charge is 2.27. The number of hydrogen-bond acceptors (Lipinski definition) is 1. The van der Waals surface area contributed by atoms with Crippen LogP contribution >= 0.6 is 0 Å². The van der Waals surface area contributed by atoms with E-state index in [0.717, 1.165) is 24.9 Å². The van der Waals surface area contributed by atoms with Crippen molar-refractivity contribution in [1.29, 1.82) is 0 Å². The monoisotopic (exact) mass is 183 g/mol. The first-order valence-corrected chi connectivity index (χ1v) is 5.88. The Bertz CT molecular complexity index is 146. The van der Waals surface area contributed by atoms with E-state index in [4.69, 9.17) is 0 Å². The molecule has 2 fully saturated rings. The highest BCUT2D eigenvalue weighted by atomic mass is 16.5. The van der Waals surface area contributed by atoms with Gasteiger partial charge in [-0.3, -0.25) is 0 Å². The Morgan fingerprint density at radius 2 is 1.31 bits per heavy atom. The van der Waals surface area contributed by atoms with Gasteiger partial charge in [-0.1, -0.05) is 32.1 Å². The third-order valence-electron chi connectivity index (χ3n) is 3.90. The van der Waals surface area contributed by atoms with Crippen LogP contribution in [0.15, 0.2) is 0 Å². The summed E-state index contributed by atoms with van der Waals surface area (Å²) in [7, 11) is 0. The van der Waals surface area contributed by atoms with E-state index in [1.807, 2.05) is 0 Å². The number of hydrogen-bond donors (Lipinski definition) is 1. The standard InChI is InChI=1S/C11H21NO/c13-12-8-6-11(7-9-12)10-4-2-1-3-5-10/h10-12H,1-9H2. The number of hydroxylamine groups is 2. The number of nitrogens with one attached hydrogen (secondary N) is 1. The van der Waals surface area contributed by atoms with Gasteiger partial charge in [-0.05, 0) is 11.8 Å². The van der Waals surface area contributed by atoms with Gasteiger partial charge in [0, 0.05) is 12.8 Å². The van der Waals surface area contributed by atoms with Gasteiger partial charge in [0.15, 0.2) is 0 Å². The molecule has 0 aromatic heterocycles. The molecule has 1 saturated heterocycles. The fourth-order valence-electron chi connectivity index (χ4n) is 3.04. The van der Waals surface area contributed by atoms with E-state index in [0.29, 0.717) is 5.06 Å². The molecule has 1 aliphatic heterocycles. The molecule has 0 atom stereocenters. The third kappa shape index (κ3) is 2.44. The molecule has 13 heavy (non-hydrogen) atoms. The maximum absolute atomic E-state index is 11.1. The normalized spacial score (nSPS) is 37.6. The van der Waals surface area contributed by atoms with Crippen LogP contribution in [0, 0.1) is 17.0 Å². The maximum Gasteiger partial charge on any atom is 0.0771 e. The summed E-state index contributed by atoms with van der Waals surface area (Å²) in [6.45, 7) is 1.75. The lowest BCUT2D eigenvalue weighted by Crippen LogP contribution is -3.08. The van der Waals surface area contributed by atoms with Crippen LogP contribution < -0.4 is 5.06 Å². The topological polar surface area (TPSA) is 27.5 Å². The largest absolute Gasteiger partial charge is 0.634 e. The minimum absolute atomic E-state index is 0.507. The molecular formula is C11H21NO. The van der Waals surface area contributed by atoms with E-state index in [1.165, 1.54) is 44.9 Å². The van der Waals surface area contributed by atoms with E-state index < -0.39 is 0 Å². The summed E-state index contributed by atoms with van der Waals surface area (Å²) in [5.41, 5.74) is 0. The van der Waals surface area contributed by atoms with Crippen molar-refractivity contribution < 1.29 is 5.06 Å². The third-order valence-corrected chi connectivity index (χ3v) is 3.90. The van der Waals surface area contributed by atoms with E-state index in [2.05, 4.69) is 0 Å². The average molecular weight is 183 g/mol. The summed E-state index contributed by atoms with van der Waals surface area (Å²) >= 11 is 0. The smallest absolute Gasteiger partial charge is 0.0771 e. The molecule has 0 spiro atoms. The van der Waals surface area contributed by atoms with E-state index in [1.54, 1.807) is 0 Å². The molecule has 76 valence electrons. The van der Waals surface area contributed by atoms with E-state index in [-0.39, 0.29) is 0 Å². The molecule has 2 heteroatoms. The summed E-state index contributed by atoms with van der Waals surface area (Å²) in [6, 6.07) is 0. The van der Waals surface area contributed by atoms with Gasteiger partial charge in [-0.25, -0.2) is 0 Å². The molecule has 1 N–H and O–H groups in total. The second-order valence-electron chi connectivity index (χ2n) is 4.77. The molecule has 2 nitrogen and oxygen atoms in total. The van der Waals surface area contributed by atoms with Gasteiger partial charge < -0.3 is 10.3 Å². The lowest BCUT2D eigenvalue weighted by atomic mass is 9.76. The lowest BCUT2D eigenvalue weighted by molar-refractivity contribution is -0.855. The molecule has 0 aromatic carbocycles. The van der Waals surface area contributed by atoms with Gasteiger partial charge in [-0.15, -0.1) is 0 Å². The molecule has 0 bridgehead atoms. The van der Waals surface area contributed by atoms with Crippen LogP contribution in [0.5, 0.6) is 0 Å². The Kier molecular flexibility index (Phi) is 3.23. The lowest BCUT2D eigenvalue weighted by Gasteiger charge is -2.37. The van der Waals surface area contributed by atoms with Crippen LogP contribution in [0.4, 0.5) is 0 Å². The second kappa shape index (κ2) is 4.43.